The summed E-state index contributed by atoms with van der Waals surface area (Å²) in [5.74, 6) is 0.270. The number of rotatable bonds is 5. The molecule has 0 aliphatic carbocycles. The van der Waals surface area contributed by atoms with Crippen molar-refractivity contribution in [2.75, 3.05) is 37.7 Å². The molecule has 1 saturated heterocycles. The lowest BCUT2D eigenvalue weighted by Crippen LogP contribution is -2.50. The zero-order chi connectivity index (χ0) is 17.6. The fourth-order valence-electron chi connectivity index (χ4n) is 2.83. The molecule has 1 N–H and O–H groups in total. The molecule has 0 aromatic heterocycles. The van der Waals surface area contributed by atoms with Crippen LogP contribution in [0.15, 0.2) is 48.5 Å². The molecule has 1 fully saturated rings. The van der Waals surface area contributed by atoms with Gasteiger partial charge < -0.3 is 19.6 Å². The predicted octanol–water partition coefficient (Wildman–Crippen LogP) is 2.05. The van der Waals surface area contributed by atoms with E-state index in [1.54, 1.807) is 41.3 Å². The van der Waals surface area contributed by atoms with E-state index >= 15 is 0 Å². The van der Waals surface area contributed by atoms with E-state index in [9.17, 15) is 9.18 Å². The van der Waals surface area contributed by atoms with Crippen LogP contribution >= 0.6 is 0 Å². The highest BCUT2D eigenvalue weighted by atomic mass is 19.1. The molecule has 0 radical (unpaired) electrons. The van der Waals surface area contributed by atoms with E-state index in [-0.39, 0.29) is 24.9 Å². The van der Waals surface area contributed by atoms with Crippen LogP contribution in [0.3, 0.4) is 0 Å². The van der Waals surface area contributed by atoms with Crippen LogP contribution in [-0.2, 0) is 11.4 Å². The Morgan fingerprint density at radius 3 is 2.36 bits per heavy atom. The molecule has 2 aromatic rings. The maximum atomic E-state index is 13.8. The number of nitrogens with zero attached hydrogens (tertiary/aromatic N) is 2. The van der Waals surface area contributed by atoms with Crippen LogP contribution in [0.4, 0.5) is 10.1 Å². The van der Waals surface area contributed by atoms with E-state index in [1.165, 1.54) is 6.07 Å². The summed E-state index contributed by atoms with van der Waals surface area (Å²) in [5, 5.41) is 9.01. The fraction of sp³-hybridized carbons (Fsp3) is 0.316. The summed E-state index contributed by atoms with van der Waals surface area (Å²) in [4.78, 5) is 16.0. The molecule has 1 amide bonds. The van der Waals surface area contributed by atoms with Crippen LogP contribution in [0.25, 0.3) is 0 Å². The standard InChI is InChI=1S/C19H21FN2O3/c20-17-3-1-2-4-18(17)21-9-11-22(12-10-21)19(24)14-25-16-7-5-15(13-23)6-8-16/h1-8,23H,9-14H2. The van der Waals surface area contributed by atoms with Gasteiger partial charge in [0.05, 0.1) is 12.3 Å². The lowest BCUT2D eigenvalue weighted by molar-refractivity contribution is -0.133. The van der Waals surface area contributed by atoms with Crippen LogP contribution < -0.4 is 9.64 Å². The molecule has 5 nitrogen and oxygen atoms in total. The molecule has 25 heavy (non-hydrogen) atoms. The van der Waals surface area contributed by atoms with Crippen molar-refractivity contribution in [1.82, 2.24) is 4.90 Å². The molecule has 2 aromatic carbocycles. The molecule has 0 spiro atoms. The zero-order valence-corrected chi connectivity index (χ0v) is 13.9. The van der Waals surface area contributed by atoms with Gasteiger partial charge in [0, 0.05) is 26.2 Å². The number of hydrogen-bond acceptors (Lipinski definition) is 4. The van der Waals surface area contributed by atoms with Gasteiger partial charge in [0.25, 0.3) is 5.91 Å². The van der Waals surface area contributed by atoms with Gasteiger partial charge in [-0.05, 0) is 29.8 Å². The van der Waals surface area contributed by atoms with Gasteiger partial charge in [0.2, 0.25) is 0 Å². The third-order valence-electron chi connectivity index (χ3n) is 4.29. The second-order valence-electron chi connectivity index (χ2n) is 5.91. The van der Waals surface area contributed by atoms with Gasteiger partial charge in [-0.1, -0.05) is 24.3 Å². The Kier molecular flexibility index (Phi) is 5.50. The Labute approximate surface area is 146 Å². The van der Waals surface area contributed by atoms with E-state index in [1.807, 2.05) is 11.0 Å². The highest BCUT2D eigenvalue weighted by Gasteiger charge is 2.22. The molecular weight excluding hydrogens is 323 g/mol. The molecule has 0 saturated carbocycles. The average molecular weight is 344 g/mol. The molecule has 1 aliphatic heterocycles. The molecule has 1 aliphatic rings. The van der Waals surface area contributed by atoms with E-state index < -0.39 is 0 Å². The number of anilines is 1. The van der Waals surface area contributed by atoms with Crippen LogP contribution in [-0.4, -0.2) is 48.7 Å². The number of ether oxygens (including phenoxy) is 1. The summed E-state index contributed by atoms with van der Waals surface area (Å²) in [5.41, 5.74) is 1.37. The SMILES string of the molecule is O=C(COc1ccc(CO)cc1)N1CCN(c2ccccc2F)CC1. The Balaban J connectivity index is 1.49. The monoisotopic (exact) mass is 344 g/mol. The van der Waals surface area contributed by atoms with Crippen molar-refractivity contribution < 1.29 is 19.0 Å². The topological polar surface area (TPSA) is 53.0 Å². The number of halogens is 1. The zero-order valence-electron chi connectivity index (χ0n) is 13.9. The van der Waals surface area contributed by atoms with E-state index in [0.29, 0.717) is 37.6 Å². The lowest BCUT2D eigenvalue weighted by atomic mass is 10.2. The highest BCUT2D eigenvalue weighted by molar-refractivity contribution is 5.78. The third-order valence-corrected chi connectivity index (χ3v) is 4.29. The molecule has 0 atom stereocenters. The second kappa shape index (κ2) is 7.98. The number of aliphatic hydroxyl groups excluding tert-OH is 1. The highest BCUT2D eigenvalue weighted by Crippen LogP contribution is 2.20. The van der Waals surface area contributed by atoms with Crippen molar-refractivity contribution in [3.63, 3.8) is 0 Å². The average Bonchev–Trinajstić information content (AvgIpc) is 2.67. The minimum Gasteiger partial charge on any atom is -0.484 e. The Bertz CT molecular complexity index is 713. The summed E-state index contributed by atoms with van der Waals surface area (Å²) in [6.45, 7) is 2.22. The summed E-state index contributed by atoms with van der Waals surface area (Å²) < 4.78 is 19.3. The summed E-state index contributed by atoms with van der Waals surface area (Å²) in [6.07, 6.45) is 0. The Morgan fingerprint density at radius 2 is 1.72 bits per heavy atom. The van der Waals surface area contributed by atoms with Crippen molar-refractivity contribution in [3.05, 3.63) is 59.9 Å². The van der Waals surface area contributed by atoms with Crippen LogP contribution in [0, 0.1) is 5.82 Å². The molecule has 1 heterocycles. The normalized spacial score (nSPS) is 14.5. The smallest absolute Gasteiger partial charge is 0.260 e. The third kappa shape index (κ3) is 4.28. The largest absolute Gasteiger partial charge is 0.484 e. The van der Waals surface area contributed by atoms with Gasteiger partial charge in [-0.15, -0.1) is 0 Å². The first kappa shape index (κ1) is 17.2. The Hall–Kier alpha value is -2.60. The van der Waals surface area contributed by atoms with Crippen molar-refractivity contribution in [2.45, 2.75) is 6.61 Å². The fourth-order valence-corrected chi connectivity index (χ4v) is 2.83. The van der Waals surface area contributed by atoms with E-state index in [0.717, 1.165) is 5.56 Å². The van der Waals surface area contributed by atoms with Crippen LogP contribution in [0.2, 0.25) is 0 Å². The van der Waals surface area contributed by atoms with Crippen molar-refractivity contribution >= 4 is 11.6 Å². The van der Waals surface area contributed by atoms with Gasteiger partial charge in [0.15, 0.2) is 6.61 Å². The molecule has 0 bridgehead atoms. The first-order valence-corrected chi connectivity index (χ1v) is 8.27. The summed E-state index contributed by atoms with van der Waals surface area (Å²) in [6, 6.07) is 13.7. The van der Waals surface area contributed by atoms with Crippen molar-refractivity contribution in [3.8, 4) is 5.75 Å². The summed E-state index contributed by atoms with van der Waals surface area (Å²) >= 11 is 0. The lowest BCUT2D eigenvalue weighted by Gasteiger charge is -2.36. The number of hydrogen-bond donors (Lipinski definition) is 1. The van der Waals surface area contributed by atoms with E-state index in [4.69, 9.17) is 9.84 Å². The molecule has 132 valence electrons. The van der Waals surface area contributed by atoms with Crippen molar-refractivity contribution in [2.24, 2.45) is 0 Å². The minimum absolute atomic E-state index is 0.0223. The molecule has 6 heteroatoms. The van der Waals surface area contributed by atoms with Crippen LogP contribution in [0.5, 0.6) is 5.75 Å². The molecule has 3 rings (SSSR count). The van der Waals surface area contributed by atoms with Gasteiger partial charge in [-0.3, -0.25) is 4.79 Å². The van der Waals surface area contributed by atoms with Gasteiger partial charge in [-0.2, -0.15) is 0 Å². The minimum atomic E-state index is -0.239. The number of aliphatic hydroxyl groups is 1. The first-order valence-electron chi connectivity index (χ1n) is 8.27. The summed E-state index contributed by atoms with van der Waals surface area (Å²) in [7, 11) is 0. The second-order valence-corrected chi connectivity index (χ2v) is 5.91. The van der Waals surface area contributed by atoms with Gasteiger partial charge >= 0.3 is 0 Å². The van der Waals surface area contributed by atoms with Crippen LogP contribution in [0.1, 0.15) is 5.56 Å². The van der Waals surface area contributed by atoms with Gasteiger partial charge in [0.1, 0.15) is 11.6 Å². The first-order chi connectivity index (χ1) is 12.2. The predicted molar refractivity (Wildman–Crippen MR) is 93.1 cm³/mol. The molecule has 0 unspecified atom stereocenters. The number of amides is 1. The maximum absolute atomic E-state index is 13.8. The van der Waals surface area contributed by atoms with E-state index in [2.05, 4.69) is 0 Å². The maximum Gasteiger partial charge on any atom is 0.260 e. The number of piperazine rings is 1. The number of para-hydroxylation sites is 1. The van der Waals surface area contributed by atoms with Gasteiger partial charge in [-0.25, -0.2) is 4.39 Å². The number of carbonyl (C=O) groups is 1. The Morgan fingerprint density at radius 1 is 1.04 bits per heavy atom. The van der Waals surface area contributed by atoms with Crippen molar-refractivity contribution in [1.29, 1.82) is 0 Å². The number of carbonyl (C=O) groups excluding carboxylic acids is 1. The number of benzene rings is 2. The molecular formula is C19H21FN2O3. The quantitative estimate of drug-likeness (QED) is 0.902.